The molecule has 3 atom stereocenters. The summed E-state index contributed by atoms with van der Waals surface area (Å²) in [6.45, 7) is 0.706. The molecule has 0 radical (unpaired) electrons. The highest BCUT2D eigenvalue weighted by Gasteiger charge is 2.26. The minimum absolute atomic E-state index is 0.0819. The quantitative estimate of drug-likeness (QED) is 0.114. The van der Waals surface area contributed by atoms with Gasteiger partial charge in [0.1, 0.15) is 6.04 Å². The van der Waals surface area contributed by atoms with Gasteiger partial charge in [0, 0.05) is 72.2 Å². The van der Waals surface area contributed by atoms with Crippen LogP contribution in [-0.4, -0.2) is 64.4 Å². The number of nitrogens with one attached hydrogen (secondary N) is 3. The van der Waals surface area contributed by atoms with Gasteiger partial charge in [0.05, 0.1) is 28.5 Å². The summed E-state index contributed by atoms with van der Waals surface area (Å²) in [7, 11) is 1.50. The van der Waals surface area contributed by atoms with Gasteiger partial charge in [-0.25, -0.2) is 4.98 Å². The van der Waals surface area contributed by atoms with Crippen molar-refractivity contribution in [2.75, 3.05) is 20.3 Å². The number of aryl methyl sites for hydroxylation is 1. The van der Waals surface area contributed by atoms with Crippen LogP contribution in [0.15, 0.2) is 60.8 Å². The number of aromatic nitrogens is 2. The molecule has 2 aliphatic rings. The summed E-state index contributed by atoms with van der Waals surface area (Å²) in [5.41, 5.74) is 7.55. The number of methoxy groups -OCH3 is 1. The van der Waals surface area contributed by atoms with Crippen molar-refractivity contribution in [1.82, 2.24) is 25.9 Å². The first-order chi connectivity index (χ1) is 23.8. The second kappa shape index (κ2) is 15.7. The summed E-state index contributed by atoms with van der Waals surface area (Å²) in [4.78, 5) is 32.5. The number of rotatable bonds is 13. The number of carboxylic acid groups (broad SMARTS) is 1. The highest BCUT2D eigenvalue weighted by molar-refractivity contribution is 6.39. The van der Waals surface area contributed by atoms with E-state index in [4.69, 9.17) is 27.9 Å². The number of carboxylic acids is 1. The average molecular weight is 705 g/mol. The Morgan fingerprint density at radius 3 is 2.63 bits per heavy atom. The van der Waals surface area contributed by atoms with Crippen molar-refractivity contribution in [1.29, 1.82) is 0 Å². The molecule has 256 valence electrons. The van der Waals surface area contributed by atoms with E-state index >= 15 is 0 Å². The Morgan fingerprint density at radius 1 is 1.06 bits per heavy atom. The molecule has 1 aliphatic carbocycles. The van der Waals surface area contributed by atoms with Crippen LogP contribution in [0.3, 0.4) is 0 Å². The van der Waals surface area contributed by atoms with Crippen molar-refractivity contribution in [2.24, 2.45) is 0 Å². The average Bonchev–Trinajstić information content (AvgIpc) is 3.53. The predicted octanol–water partition coefficient (Wildman–Crippen LogP) is 5.96. The number of aliphatic hydroxyl groups excluding tert-OH is 1. The Labute approximate surface area is 295 Å². The van der Waals surface area contributed by atoms with Gasteiger partial charge in [0.25, 0.3) is 0 Å². The molecule has 49 heavy (non-hydrogen) atoms. The van der Waals surface area contributed by atoms with Gasteiger partial charge in [-0.05, 0) is 61.4 Å². The van der Waals surface area contributed by atoms with E-state index < -0.39 is 12.0 Å². The lowest BCUT2D eigenvalue weighted by molar-refractivity contribution is -0.140. The molecule has 2 aromatic heterocycles. The van der Waals surface area contributed by atoms with E-state index in [1.54, 1.807) is 6.20 Å². The van der Waals surface area contributed by atoms with E-state index in [0.29, 0.717) is 44.9 Å². The number of pyridine rings is 2. The molecule has 6 rings (SSSR count). The van der Waals surface area contributed by atoms with Gasteiger partial charge in [-0.2, -0.15) is 0 Å². The number of halogens is 2. The lowest BCUT2D eigenvalue weighted by Gasteiger charge is -2.28. The number of fused-ring (bicyclic) bond motifs is 1. The van der Waals surface area contributed by atoms with Crippen molar-refractivity contribution < 1.29 is 24.5 Å². The maximum atomic E-state index is 11.6. The first-order valence-electron chi connectivity index (χ1n) is 16.5. The fraction of sp³-hybridized carbons (Fsp3) is 0.351. The monoisotopic (exact) mass is 703 g/mol. The van der Waals surface area contributed by atoms with Crippen LogP contribution in [0.2, 0.25) is 10.0 Å². The van der Waals surface area contributed by atoms with E-state index in [9.17, 15) is 19.8 Å². The summed E-state index contributed by atoms with van der Waals surface area (Å²) in [6, 6.07) is 17.1. The van der Waals surface area contributed by atoms with E-state index in [0.717, 1.165) is 48.9 Å². The molecule has 0 bridgehead atoms. The van der Waals surface area contributed by atoms with E-state index in [2.05, 4.69) is 44.1 Å². The van der Waals surface area contributed by atoms with Crippen molar-refractivity contribution in [2.45, 2.75) is 63.2 Å². The van der Waals surface area contributed by atoms with E-state index in [1.165, 1.54) is 18.2 Å². The Bertz CT molecular complexity index is 1850. The van der Waals surface area contributed by atoms with Crippen LogP contribution in [0.4, 0.5) is 0 Å². The largest absolute Gasteiger partial charge is 0.481 e. The molecular formula is C37H39Cl2N5O5. The molecule has 3 heterocycles. The maximum Gasteiger partial charge on any atom is 0.320 e. The summed E-state index contributed by atoms with van der Waals surface area (Å²) >= 11 is 14.2. The molecule has 1 saturated heterocycles. The molecule has 1 amide bonds. The molecule has 4 aromatic rings. The van der Waals surface area contributed by atoms with Crippen molar-refractivity contribution in [3.63, 3.8) is 0 Å². The van der Waals surface area contributed by atoms with Crippen LogP contribution in [0.25, 0.3) is 33.6 Å². The smallest absolute Gasteiger partial charge is 0.320 e. The molecule has 1 aliphatic heterocycles. The second-order valence-corrected chi connectivity index (χ2v) is 13.2. The number of benzene rings is 2. The van der Waals surface area contributed by atoms with Crippen molar-refractivity contribution in [3.05, 3.63) is 87.5 Å². The molecule has 5 N–H and O–H groups in total. The number of aliphatic carboxylic acids is 1. The normalized spacial score (nSPS) is 17.8. The third-order valence-electron chi connectivity index (χ3n) is 9.27. The van der Waals surface area contributed by atoms with Crippen LogP contribution >= 0.6 is 23.2 Å². The third-order valence-corrected chi connectivity index (χ3v) is 10.1. The number of nitrogens with zero attached hydrogens (tertiary/aromatic N) is 2. The lowest BCUT2D eigenvalue weighted by Crippen LogP contribution is -2.38. The molecule has 2 aromatic carbocycles. The van der Waals surface area contributed by atoms with Gasteiger partial charge >= 0.3 is 5.97 Å². The van der Waals surface area contributed by atoms with Crippen LogP contribution in [0.1, 0.15) is 54.8 Å². The Balaban J connectivity index is 1.24. The Hall–Kier alpha value is -4.06. The van der Waals surface area contributed by atoms with Crippen molar-refractivity contribution >= 4 is 35.1 Å². The molecule has 10 nitrogen and oxygen atoms in total. The van der Waals surface area contributed by atoms with E-state index in [1.807, 2.05) is 36.4 Å². The first kappa shape index (κ1) is 34.8. The molecule has 1 fully saturated rings. The number of amides is 1. The summed E-state index contributed by atoms with van der Waals surface area (Å²) < 4.78 is 5.55. The number of hydrogen-bond acceptors (Lipinski definition) is 8. The standard InChI is InChI=1S/C37H39Cl2N5O5/c1-49-36-23(19-41-31(15-17-45)37(47)48)9-12-30(44-36)28-6-3-5-26(33(28)38)27-14-16-40-35(34(27)39)22-8-11-25-21(18-22)4-2-7-29(25)42-20-24-10-13-32(46)43-24/h3,5-6,8-9,11-12,14,16,18,24,29,31,41-42,45H,2,4,7,10,13,15,17,19-20H2,1H3,(H,43,46)(H,47,48)/t24-,29-,31+/m0/s1. The van der Waals surface area contributed by atoms with Gasteiger partial charge in [0.15, 0.2) is 0 Å². The van der Waals surface area contributed by atoms with Gasteiger partial charge in [-0.1, -0.05) is 59.6 Å². The Kier molecular flexibility index (Phi) is 11.1. The zero-order chi connectivity index (χ0) is 34.5. The lowest BCUT2D eigenvalue weighted by atomic mass is 9.86. The van der Waals surface area contributed by atoms with Gasteiger partial charge in [-0.15, -0.1) is 0 Å². The van der Waals surface area contributed by atoms with Gasteiger partial charge in [0.2, 0.25) is 11.8 Å². The summed E-state index contributed by atoms with van der Waals surface area (Å²) in [5.74, 6) is -0.581. The number of carbonyl (C=O) groups is 2. The highest BCUT2D eigenvalue weighted by Crippen LogP contribution is 2.42. The Morgan fingerprint density at radius 2 is 1.88 bits per heavy atom. The predicted molar refractivity (Wildman–Crippen MR) is 190 cm³/mol. The topological polar surface area (TPSA) is 146 Å². The zero-order valence-corrected chi connectivity index (χ0v) is 28.7. The minimum atomic E-state index is -1.04. The maximum absolute atomic E-state index is 11.6. The molecule has 0 unspecified atom stereocenters. The summed E-state index contributed by atoms with van der Waals surface area (Å²) in [6.07, 6.45) is 6.38. The number of aliphatic hydroxyl groups is 1. The fourth-order valence-corrected chi connectivity index (χ4v) is 7.33. The van der Waals surface area contributed by atoms with Crippen LogP contribution in [-0.2, 0) is 22.6 Å². The highest BCUT2D eigenvalue weighted by atomic mass is 35.5. The minimum Gasteiger partial charge on any atom is -0.481 e. The van der Waals surface area contributed by atoms with Crippen LogP contribution in [0, 0.1) is 0 Å². The van der Waals surface area contributed by atoms with Crippen LogP contribution < -0.4 is 20.7 Å². The van der Waals surface area contributed by atoms with E-state index in [-0.39, 0.29) is 37.6 Å². The zero-order valence-electron chi connectivity index (χ0n) is 27.1. The molecule has 12 heteroatoms. The molecule has 0 saturated carbocycles. The SMILES string of the molecule is COc1nc(-c2cccc(-c3ccnc(-c4ccc5c(c4)CCC[C@@H]5NC[C@@H]4CCC(=O)N4)c3Cl)c2Cl)ccc1CN[C@H](CCO)C(=O)O. The second-order valence-electron chi connectivity index (χ2n) is 12.4. The fourth-order valence-electron chi connectivity index (χ4n) is 6.69. The summed E-state index contributed by atoms with van der Waals surface area (Å²) in [5, 5.41) is 29.2. The number of carbonyl (C=O) groups excluding carboxylic acids is 1. The first-order valence-corrected chi connectivity index (χ1v) is 17.2. The number of ether oxygens (including phenoxy) is 1. The van der Waals surface area contributed by atoms with Gasteiger partial charge in [-0.3, -0.25) is 14.6 Å². The number of hydrogen-bond donors (Lipinski definition) is 5. The van der Waals surface area contributed by atoms with Crippen molar-refractivity contribution in [3.8, 4) is 39.5 Å². The van der Waals surface area contributed by atoms with Gasteiger partial charge < -0.3 is 30.9 Å². The third kappa shape index (κ3) is 7.74. The molecule has 0 spiro atoms. The molecular weight excluding hydrogens is 665 g/mol. The van der Waals surface area contributed by atoms with Crippen LogP contribution in [0.5, 0.6) is 5.88 Å².